The summed E-state index contributed by atoms with van der Waals surface area (Å²) in [6.45, 7) is 6.51. The van der Waals surface area contributed by atoms with E-state index in [4.69, 9.17) is 0 Å². The minimum atomic E-state index is 0.454. The Kier molecular flexibility index (Phi) is 1.98. The first kappa shape index (κ1) is 8.54. The predicted octanol–water partition coefficient (Wildman–Crippen LogP) is 2.10. The lowest BCUT2D eigenvalue weighted by molar-refractivity contribution is 0.611. The van der Waals surface area contributed by atoms with Crippen LogP contribution in [0.5, 0.6) is 0 Å². The third kappa shape index (κ3) is 1.41. The van der Waals surface area contributed by atoms with Gasteiger partial charge in [-0.2, -0.15) is 0 Å². The van der Waals surface area contributed by atoms with Gasteiger partial charge >= 0.3 is 0 Å². The molecular weight excluding hydrogens is 160 g/mol. The summed E-state index contributed by atoms with van der Waals surface area (Å²) in [5.74, 6) is 1.10. The molecule has 0 aromatic rings. The van der Waals surface area contributed by atoms with Gasteiger partial charge in [0.1, 0.15) is 0 Å². The molecule has 0 fully saturated rings. The van der Waals surface area contributed by atoms with Crippen molar-refractivity contribution in [3.05, 3.63) is 23.5 Å². The zero-order valence-corrected chi connectivity index (χ0v) is 8.41. The van der Waals surface area contributed by atoms with Gasteiger partial charge in [-0.15, -0.1) is 0 Å². The molecule has 0 saturated heterocycles. The standard InChI is InChI=1S/C11H16N2/c1-7(2)9-5-13-11-4-8(3)12-6-10(9)11/h4-7,10-11,13H,1-3H3. The summed E-state index contributed by atoms with van der Waals surface area (Å²) >= 11 is 0. The number of nitrogens with one attached hydrogen (secondary N) is 1. The van der Waals surface area contributed by atoms with Gasteiger partial charge in [-0.1, -0.05) is 13.8 Å². The fourth-order valence-corrected chi connectivity index (χ4v) is 1.98. The van der Waals surface area contributed by atoms with Gasteiger partial charge in [-0.05, 0) is 30.7 Å². The molecule has 2 unspecified atom stereocenters. The summed E-state index contributed by atoms with van der Waals surface area (Å²) in [7, 11) is 0. The van der Waals surface area contributed by atoms with Crippen molar-refractivity contribution >= 4 is 6.21 Å². The molecule has 2 aliphatic rings. The van der Waals surface area contributed by atoms with E-state index < -0.39 is 0 Å². The summed E-state index contributed by atoms with van der Waals surface area (Å²) in [4.78, 5) is 4.36. The minimum Gasteiger partial charge on any atom is -0.384 e. The molecule has 2 heterocycles. The number of hydrogen-bond donors (Lipinski definition) is 1. The van der Waals surface area contributed by atoms with Crippen LogP contribution in [0.15, 0.2) is 28.5 Å². The Morgan fingerprint density at radius 1 is 1.46 bits per heavy atom. The van der Waals surface area contributed by atoms with E-state index in [0.717, 1.165) is 5.70 Å². The van der Waals surface area contributed by atoms with E-state index in [-0.39, 0.29) is 0 Å². The van der Waals surface area contributed by atoms with E-state index in [2.05, 4.69) is 42.6 Å². The van der Waals surface area contributed by atoms with Crippen molar-refractivity contribution < 1.29 is 0 Å². The first-order valence-corrected chi connectivity index (χ1v) is 4.87. The van der Waals surface area contributed by atoms with Gasteiger partial charge in [-0.25, -0.2) is 0 Å². The number of aliphatic imine (C=N–C) groups is 1. The van der Waals surface area contributed by atoms with E-state index in [1.165, 1.54) is 5.57 Å². The van der Waals surface area contributed by atoms with Gasteiger partial charge in [0.05, 0.1) is 6.04 Å². The molecule has 0 amide bonds. The van der Waals surface area contributed by atoms with Crippen molar-refractivity contribution in [2.75, 3.05) is 0 Å². The third-order valence-corrected chi connectivity index (χ3v) is 2.74. The Morgan fingerprint density at radius 2 is 2.23 bits per heavy atom. The highest BCUT2D eigenvalue weighted by molar-refractivity contribution is 5.71. The van der Waals surface area contributed by atoms with E-state index in [1.807, 2.05) is 6.92 Å². The fourth-order valence-electron chi connectivity index (χ4n) is 1.98. The molecule has 0 saturated carbocycles. The second-order valence-corrected chi connectivity index (χ2v) is 4.10. The molecular formula is C11H16N2. The molecule has 2 atom stereocenters. The Balaban J connectivity index is 2.21. The topological polar surface area (TPSA) is 24.4 Å². The molecule has 2 aliphatic heterocycles. The van der Waals surface area contributed by atoms with Crippen LogP contribution >= 0.6 is 0 Å². The fraction of sp³-hybridized carbons (Fsp3) is 0.545. The van der Waals surface area contributed by atoms with Gasteiger partial charge in [0.2, 0.25) is 0 Å². The second kappa shape index (κ2) is 3.02. The maximum absolute atomic E-state index is 4.36. The molecule has 0 aliphatic carbocycles. The van der Waals surface area contributed by atoms with Crippen LogP contribution in [0.4, 0.5) is 0 Å². The van der Waals surface area contributed by atoms with Crippen molar-refractivity contribution in [2.24, 2.45) is 16.8 Å². The molecule has 1 N–H and O–H groups in total. The number of rotatable bonds is 1. The van der Waals surface area contributed by atoms with E-state index in [9.17, 15) is 0 Å². The van der Waals surface area contributed by atoms with Crippen LogP contribution in [-0.2, 0) is 0 Å². The van der Waals surface area contributed by atoms with Crippen molar-refractivity contribution in [3.63, 3.8) is 0 Å². The maximum Gasteiger partial charge on any atom is 0.0575 e. The first-order valence-electron chi connectivity index (χ1n) is 4.87. The molecule has 2 rings (SSSR count). The van der Waals surface area contributed by atoms with Crippen molar-refractivity contribution in [1.29, 1.82) is 0 Å². The Hall–Kier alpha value is -1.05. The summed E-state index contributed by atoms with van der Waals surface area (Å²) in [6.07, 6.45) is 6.43. The molecule has 0 aromatic carbocycles. The highest BCUT2D eigenvalue weighted by atomic mass is 14.9. The van der Waals surface area contributed by atoms with Gasteiger partial charge in [0.25, 0.3) is 0 Å². The van der Waals surface area contributed by atoms with E-state index in [0.29, 0.717) is 17.9 Å². The van der Waals surface area contributed by atoms with Crippen LogP contribution in [0.3, 0.4) is 0 Å². The maximum atomic E-state index is 4.36. The SMILES string of the molecule is CC1=CC2NC=C(C(C)C)C2C=N1. The average molecular weight is 176 g/mol. The van der Waals surface area contributed by atoms with Crippen LogP contribution in [0.1, 0.15) is 20.8 Å². The monoisotopic (exact) mass is 176 g/mol. The molecule has 2 heteroatoms. The van der Waals surface area contributed by atoms with Crippen LogP contribution in [0.2, 0.25) is 0 Å². The largest absolute Gasteiger partial charge is 0.384 e. The van der Waals surface area contributed by atoms with Crippen LogP contribution in [-0.4, -0.2) is 12.3 Å². The molecule has 70 valence electrons. The van der Waals surface area contributed by atoms with Gasteiger partial charge in [0.15, 0.2) is 0 Å². The zero-order chi connectivity index (χ0) is 9.42. The summed E-state index contributed by atoms with van der Waals surface area (Å²) in [5, 5.41) is 3.39. The second-order valence-electron chi connectivity index (χ2n) is 4.10. The lowest BCUT2D eigenvalue weighted by Crippen LogP contribution is -2.29. The van der Waals surface area contributed by atoms with Crippen LogP contribution in [0.25, 0.3) is 0 Å². The smallest absolute Gasteiger partial charge is 0.0575 e. The van der Waals surface area contributed by atoms with Crippen molar-refractivity contribution in [3.8, 4) is 0 Å². The Labute approximate surface area is 79.4 Å². The highest BCUT2D eigenvalue weighted by Gasteiger charge is 2.29. The number of nitrogens with zero attached hydrogens (tertiary/aromatic N) is 1. The zero-order valence-electron chi connectivity index (χ0n) is 8.41. The number of hydrogen-bond acceptors (Lipinski definition) is 2. The summed E-state index contributed by atoms with van der Waals surface area (Å²) in [6, 6.07) is 0.454. The van der Waals surface area contributed by atoms with Crippen molar-refractivity contribution in [2.45, 2.75) is 26.8 Å². The molecule has 2 nitrogen and oxygen atoms in total. The number of fused-ring (bicyclic) bond motifs is 1. The summed E-state index contributed by atoms with van der Waals surface area (Å²) < 4.78 is 0. The molecule has 0 spiro atoms. The van der Waals surface area contributed by atoms with Crippen molar-refractivity contribution in [1.82, 2.24) is 5.32 Å². The van der Waals surface area contributed by atoms with Gasteiger partial charge in [0, 0.05) is 17.8 Å². The van der Waals surface area contributed by atoms with Gasteiger partial charge < -0.3 is 5.32 Å². The Bertz CT molecular complexity index is 297. The first-order chi connectivity index (χ1) is 6.18. The predicted molar refractivity (Wildman–Crippen MR) is 55.6 cm³/mol. The third-order valence-electron chi connectivity index (χ3n) is 2.74. The van der Waals surface area contributed by atoms with Crippen LogP contribution < -0.4 is 5.32 Å². The lowest BCUT2D eigenvalue weighted by Gasteiger charge is -2.21. The minimum absolute atomic E-state index is 0.454. The van der Waals surface area contributed by atoms with E-state index >= 15 is 0 Å². The average Bonchev–Trinajstić information content (AvgIpc) is 2.46. The highest BCUT2D eigenvalue weighted by Crippen LogP contribution is 2.29. The normalized spacial score (nSPS) is 31.1. The quantitative estimate of drug-likeness (QED) is 0.650. The lowest BCUT2D eigenvalue weighted by atomic mass is 9.87. The molecule has 13 heavy (non-hydrogen) atoms. The summed E-state index contributed by atoms with van der Waals surface area (Å²) in [5.41, 5.74) is 2.59. The van der Waals surface area contributed by atoms with Gasteiger partial charge in [-0.3, -0.25) is 4.99 Å². The molecule has 0 aromatic heterocycles. The molecule has 0 radical (unpaired) electrons. The number of allylic oxidation sites excluding steroid dienone is 1. The molecule has 0 bridgehead atoms. The Morgan fingerprint density at radius 3 is 2.92 bits per heavy atom. The van der Waals surface area contributed by atoms with Crippen LogP contribution in [0, 0.1) is 11.8 Å². The van der Waals surface area contributed by atoms with E-state index in [1.54, 1.807) is 0 Å².